The maximum absolute atomic E-state index is 13.5. The average Bonchev–Trinajstić information content (AvgIpc) is 2.36. The number of benzene rings is 1. The van der Waals surface area contributed by atoms with Gasteiger partial charge >= 0.3 is 5.97 Å². The van der Waals surface area contributed by atoms with Crippen LogP contribution < -0.4 is 4.74 Å². The van der Waals surface area contributed by atoms with Gasteiger partial charge in [-0.2, -0.15) is 0 Å². The topological polar surface area (TPSA) is 59.4 Å². The zero-order valence-electron chi connectivity index (χ0n) is 9.85. The van der Waals surface area contributed by atoms with Crippen molar-refractivity contribution < 1.29 is 19.0 Å². The first-order valence-corrected chi connectivity index (χ1v) is 5.68. The van der Waals surface area contributed by atoms with Crippen molar-refractivity contribution in [3.05, 3.63) is 52.4 Å². The number of aromatic carboxylic acids is 1. The van der Waals surface area contributed by atoms with E-state index >= 15 is 0 Å². The lowest BCUT2D eigenvalue weighted by molar-refractivity contribution is 0.0696. The fourth-order valence-corrected chi connectivity index (χ4v) is 1.69. The van der Waals surface area contributed by atoms with Gasteiger partial charge in [-0.3, -0.25) is 0 Å². The second-order valence-electron chi connectivity index (χ2n) is 3.82. The van der Waals surface area contributed by atoms with Crippen molar-refractivity contribution in [3.8, 4) is 11.6 Å². The number of aromatic nitrogens is 1. The lowest BCUT2D eigenvalue weighted by Crippen LogP contribution is -2.00. The Labute approximate surface area is 113 Å². The summed E-state index contributed by atoms with van der Waals surface area (Å²) < 4.78 is 18.8. The molecule has 0 bridgehead atoms. The molecule has 0 saturated carbocycles. The van der Waals surface area contributed by atoms with Gasteiger partial charge in [-0.25, -0.2) is 14.2 Å². The quantitative estimate of drug-likeness (QED) is 0.932. The van der Waals surface area contributed by atoms with Gasteiger partial charge in [0.1, 0.15) is 5.02 Å². The molecule has 0 radical (unpaired) electrons. The van der Waals surface area contributed by atoms with Crippen LogP contribution in [0.25, 0.3) is 0 Å². The number of ether oxygens (including phenoxy) is 1. The molecule has 98 valence electrons. The molecule has 0 amide bonds. The van der Waals surface area contributed by atoms with E-state index in [4.69, 9.17) is 21.4 Å². The smallest absolute Gasteiger partial charge is 0.337 e. The molecule has 0 saturated heterocycles. The van der Waals surface area contributed by atoms with E-state index in [0.717, 1.165) is 5.56 Å². The fourth-order valence-electron chi connectivity index (χ4n) is 1.45. The normalized spacial score (nSPS) is 10.3. The van der Waals surface area contributed by atoms with E-state index in [1.54, 1.807) is 13.0 Å². The Morgan fingerprint density at radius 2 is 2.16 bits per heavy atom. The summed E-state index contributed by atoms with van der Waals surface area (Å²) in [4.78, 5) is 14.7. The molecule has 1 heterocycles. The largest absolute Gasteiger partial charge is 0.478 e. The number of pyridine rings is 1. The highest BCUT2D eigenvalue weighted by Gasteiger charge is 2.16. The van der Waals surface area contributed by atoms with Crippen molar-refractivity contribution in [3.63, 3.8) is 0 Å². The molecule has 0 aliphatic heterocycles. The highest BCUT2D eigenvalue weighted by atomic mass is 35.5. The molecular weight excluding hydrogens is 273 g/mol. The molecule has 0 aliphatic rings. The lowest BCUT2D eigenvalue weighted by atomic mass is 10.2. The molecule has 1 aromatic heterocycles. The second kappa shape index (κ2) is 5.24. The van der Waals surface area contributed by atoms with Crippen LogP contribution >= 0.6 is 11.6 Å². The number of nitrogens with zero attached hydrogens (tertiary/aromatic N) is 1. The van der Waals surface area contributed by atoms with Crippen molar-refractivity contribution in [2.24, 2.45) is 0 Å². The monoisotopic (exact) mass is 281 g/mol. The van der Waals surface area contributed by atoms with E-state index in [1.165, 1.54) is 24.4 Å². The van der Waals surface area contributed by atoms with Gasteiger partial charge in [0.2, 0.25) is 5.88 Å². The number of carboxylic acid groups (broad SMARTS) is 1. The standard InChI is InChI=1S/C13H9ClFNO3/c1-7-2-3-9(15)10(6-7)19-12-11(14)8(13(17)18)4-5-16-12/h2-6H,1H3,(H,17,18). The predicted molar refractivity (Wildman–Crippen MR) is 67.4 cm³/mol. The Morgan fingerprint density at radius 3 is 2.84 bits per heavy atom. The Morgan fingerprint density at radius 1 is 1.42 bits per heavy atom. The van der Waals surface area contributed by atoms with E-state index in [1.807, 2.05) is 0 Å². The molecule has 4 nitrogen and oxygen atoms in total. The van der Waals surface area contributed by atoms with E-state index in [-0.39, 0.29) is 22.2 Å². The van der Waals surface area contributed by atoms with Crippen molar-refractivity contribution in [1.29, 1.82) is 0 Å². The maximum Gasteiger partial charge on any atom is 0.337 e. The van der Waals surface area contributed by atoms with E-state index in [2.05, 4.69) is 4.98 Å². The van der Waals surface area contributed by atoms with Crippen LogP contribution in [-0.4, -0.2) is 16.1 Å². The summed E-state index contributed by atoms with van der Waals surface area (Å²) in [6.07, 6.45) is 1.23. The van der Waals surface area contributed by atoms with Crippen LogP contribution in [0.2, 0.25) is 5.02 Å². The van der Waals surface area contributed by atoms with Crippen molar-refractivity contribution >= 4 is 17.6 Å². The van der Waals surface area contributed by atoms with Gasteiger partial charge in [-0.05, 0) is 30.7 Å². The summed E-state index contributed by atoms with van der Waals surface area (Å²) in [5.74, 6) is -1.99. The van der Waals surface area contributed by atoms with Crippen LogP contribution in [0.4, 0.5) is 4.39 Å². The summed E-state index contributed by atoms with van der Waals surface area (Å²) >= 11 is 5.86. The lowest BCUT2D eigenvalue weighted by Gasteiger charge is -2.09. The molecule has 0 spiro atoms. The van der Waals surface area contributed by atoms with E-state index in [9.17, 15) is 9.18 Å². The Kier molecular flexibility index (Phi) is 3.66. The minimum atomic E-state index is -1.21. The molecule has 19 heavy (non-hydrogen) atoms. The van der Waals surface area contributed by atoms with Crippen molar-refractivity contribution in [2.75, 3.05) is 0 Å². The first kappa shape index (κ1) is 13.3. The summed E-state index contributed by atoms with van der Waals surface area (Å²) in [5.41, 5.74) is 0.640. The van der Waals surface area contributed by atoms with Crippen LogP contribution in [0, 0.1) is 12.7 Å². The minimum Gasteiger partial charge on any atom is -0.478 e. The van der Waals surface area contributed by atoms with Crippen LogP contribution in [0.15, 0.2) is 30.5 Å². The van der Waals surface area contributed by atoms with Gasteiger partial charge in [-0.1, -0.05) is 17.7 Å². The summed E-state index contributed by atoms with van der Waals surface area (Å²) in [6, 6.07) is 5.55. The summed E-state index contributed by atoms with van der Waals surface area (Å²) in [7, 11) is 0. The number of rotatable bonds is 3. The first-order valence-electron chi connectivity index (χ1n) is 5.31. The van der Waals surface area contributed by atoms with Crippen LogP contribution in [-0.2, 0) is 0 Å². The summed E-state index contributed by atoms with van der Waals surface area (Å²) in [5, 5.41) is 8.74. The molecule has 0 atom stereocenters. The highest BCUT2D eigenvalue weighted by molar-refractivity contribution is 6.34. The van der Waals surface area contributed by atoms with Crippen LogP contribution in [0.5, 0.6) is 11.6 Å². The van der Waals surface area contributed by atoms with Gasteiger partial charge in [0, 0.05) is 6.20 Å². The molecule has 0 fully saturated rings. The Balaban J connectivity index is 2.41. The maximum atomic E-state index is 13.5. The number of carboxylic acids is 1. The Bertz CT molecular complexity index is 646. The minimum absolute atomic E-state index is 0.0584. The number of hydrogen-bond acceptors (Lipinski definition) is 3. The first-order chi connectivity index (χ1) is 8.99. The zero-order valence-corrected chi connectivity index (χ0v) is 10.6. The number of halogens is 2. The fraction of sp³-hybridized carbons (Fsp3) is 0.0769. The zero-order chi connectivity index (χ0) is 14.0. The van der Waals surface area contributed by atoms with Gasteiger partial charge in [0.15, 0.2) is 11.6 Å². The van der Waals surface area contributed by atoms with Crippen molar-refractivity contribution in [2.45, 2.75) is 6.92 Å². The van der Waals surface area contributed by atoms with Gasteiger partial charge in [-0.15, -0.1) is 0 Å². The third-order valence-electron chi connectivity index (χ3n) is 2.38. The van der Waals surface area contributed by atoms with Crippen LogP contribution in [0.1, 0.15) is 15.9 Å². The van der Waals surface area contributed by atoms with E-state index in [0.29, 0.717) is 0 Å². The third-order valence-corrected chi connectivity index (χ3v) is 2.75. The average molecular weight is 282 g/mol. The molecule has 2 aromatic rings. The molecule has 0 aliphatic carbocycles. The molecule has 6 heteroatoms. The molecule has 1 N–H and O–H groups in total. The second-order valence-corrected chi connectivity index (χ2v) is 4.20. The van der Waals surface area contributed by atoms with Crippen molar-refractivity contribution in [1.82, 2.24) is 4.98 Å². The van der Waals surface area contributed by atoms with Gasteiger partial charge in [0.05, 0.1) is 5.56 Å². The SMILES string of the molecule is Cc1ccc(F)c(Oc2nccc(C(=O)O)c2Cl)c1. The highest BCUT2D eigenvalue weighted by Crippen LogP contribution is 2.31. The molecule has 0 unspecified atom stereocenters. The predicted octanol–water partition coefficient (Wildman–Crippen LogP) is 3.67. The Hall–Kier alpha value is -2.14. The molecule has 2 rings (SSSR count). The van der Waals surface area contributed by atoms with E-state index < -0.39 is 11.8 Å². The number of hydrogen-bond donors (Lipinski definition) is 1. The van der Waals surface area contributed by atoms with Gasteiger partial charge in [0.25, 0.3) is 0 Å². The molecule has 1 aromatic carbocycles. The molecular formula is C13H9ClFNO3. The number of aryl methyl sites for hydroxylation is 1. The van der Waals surface area contributed by atoms with Crippen LogP contribution in [0.3, 0.4) is 0 Å². The number of carbonyl (C=O) groups is 1. The van der Waals surface area contributed by atoms with Gasteiger partial charge < -0.3 is 9.84 Å². The summed E-state index contributed by atoms with van der Waals surface area (Å²) in [6.45, 7) is 1.77. The third kappa shape index (κ3) is 2.82.